The Bertz CT molecular complexity index is 1600. The molecule has 3 aromatic carbocycles. The van der Waals surface area contributed by atoms with Gasteiger partial charge in [-0.1, -0.05) is 64.0 Å². The molecule has 0 aliphatic rings. The third kappa shape index (κ3) is 3.59. The van der Waals surface area contributed by atoms with Gasteiger partial charge >= 0.3 is 0 Å². The van der Waals surface area contributed by atoms with Crippen molar-refractivity contribution < 1.29 is 0 Å². The molecule has 0 saturated carbocycles. The van der Waals surface area contributed by atoms with Crippen molar-refractivity contribution in [2.45, 2.75) is 12.5 Å². The van der Waals surface area contributed by atoms with Gasteiger partial charge in [0.25, 0.3) is 5.56 Å². The van der Waals surface area contributed by atoms with E-state index in [2.05, 4.69) is 46.0 Å². The summed E-state index contributed by atoms with van der Waals surface area (Å²) in [6.45, 7) is 2.05. The molecular formula is C28H25BrN4O. The van der Waals surface area contributed by atoms with E-state index in [1.165, 1.54) is 0 Å². The van der Waals surface area contributed by atoms with Crippen LogP contribution in [0.1, 0.15) is 22.4 Å². The van der Waals surface area contributed by atoms with Gasteiger partial charge in [-0.25, -0.2) is 4.98 Å². The Morgan fingerprint density at radius 1 is 0.941 bits per heavy atom. The molecule has 0 bridgehead atoms. The lowest BCUT2D eigenvalue weighted by molar-refractivity contribution is 0.596. The van der Waals surface area contributed by atoms with E-state index in [0.717, 1.165) is 48.9 Å². The van der Waals surface area contributed by atoms with Crippen molar-refractivity contribution in [1.29, 1.82) is 0 Å². The zero-order valence-corrected chi connectivity index (χ0v) is 20.9. The minimum atomic E-state index is -0.957. The van der Waals surface area contributed by atoms with Gasteiger partial charge in [-0.15, -0.1) is 0 Å². The van der Waals surface area contributed by atoms with E-state index in [1.807, 2.05) is 66.3 Å². The summed E-state index contributed by atoms with van der Waals surface area (Å²) in [5.74, 6) is 0. The molecule has 170 valence electrons. The van der Waals surface area contributed by atoms with Gasteiger partial charge < -0.3 is 14.9 Å². The summed E-state index contributed by atoms with van der Waals surface area (Å²) in [7, 11) is 3.75. The quantitative estimate of drug-likeness (QED) is 0.357. The molecule has 2 aromatic heterocycles. The van der Waals surface area contributed by atoms with Crippen LogP contribution in [0.4, 0.5) is 0 Å². The monoisotopic (exact) mass is 512 g/mol. The van der Waals surface area contributed by atoms with Crippen LogP contribution in [-0.2, 0) is 19.6 Å². The first-order valence-corrected chi connectivity index (χ1v) is 11.8. The molecule has 0 aliphatic heterocycles. The largest absolute Gasteiger partial charge is 0.336 e. The number of aryl methyl sites for hydroxylation is 3. The first-order chi connectivity index (χ1) is 16.3. The maximum atomic E-state index is 12.8. The maximum absolute atomic E-state index is 12.8. The molecule has 34 heavy (non-hydrogen) atoms. The summed E-state index contributed by atoms with van der Waals surface area (Å²) in [6.07, 6.45) is 3.57. The Labute approximate surface area is 206 Å². The van der Waals surface area contributed by atoms with Gasteiger partial charge in [0.15, 0.2) is 0 Å². The third-order valence-corrected chi connectivity index (χ3v) is 7.02. The van der Waals surface area contributed by atoms with Crippen LogP contribution in [0.3, 0.4) is 0 Å². The molecule has 5 aromatic rings. The van der Waals surface area contributed by atoms with E-state index >= 15 is 0 Å². The van der Waals surface area contributed by atoms with Crippen LogP contribution in [0.5, 0.6) is 0 Å². The number of imidazole rings is 1. The lowest BCUT2D eigenvalue weighted by atomic mass is 9.80. The average molecular weight is 513 g/mol. The molecule has 5 rings (SSSR count). The Kier molecular flexibility index (Phi) is 5.50. The molecule has 0 saturated heterocycles. The van der Waals surface area contributed by atoms with E-state index in [9.17, 15) is 4.79 Å². The fourth-order valence-corrected chi connectivity index (χ4v) is 5.09. The Morgan fingerprint density at radius 3 is 2.41 bits per heavy atom. The van der Waals surface area contributed by atoms with Crippen LogP contribution in [0.15, 0.2) is 94.6 Å². The zero-order valence-electron chi connectivity index (χ0n) is 19.3. The minimum Gasteiger partial charge on any atom is -0.336 e. The van der Waals surface area contributed by atoms with E-state index in [-0.39, 0.29) is 5.56 Å². The second-order valence-corrected chi connectivity index (χ2v) is 9.68. The predicted molar refractivity (Wildman–Crippen MR) is 141 cm³/mol. The average Bonchev–Trinajstić information content (AvgIpc) is 3.27. The summed E-state index contributed by atoms with van der Waals surface area (Å²) in [6, 6.07) is 24.1. The van der Waals surface area contributed by atoms with Gasteiger partial charge in [-0.3, -0.25) is 4.79 Å². The number of nitrogens with two attached hydrogens (primary N) is 1. The Hall–Kier alpha value is -3.48. The van der Waals surface area contributed by atoms with E-state index in [0.29, 0.717) is 0 Å². The number of pyridine rings is 1. The summed E-state index contributed by atoms with van der Waals surface area (Å²) in [4.78, 5) is 17.2. The smallest absolute Gasteiger partial charge is 0.251 e. The Balaban J connectivity index is 1.85. The van der Waals surface area contributed by atoms with Crippen LogP contribution in [0.2, 0.25) is 0 Å². The van der Waals surface area contributed by atoms with Crippen LogP contribution in [-0.4, -0.2) is 14.1 Å². The fourth-order valence-electron chi connectivity index (χ4n) is 4.69. The highest BCUT2D eigenvalue weighted by molar-refractivity contribution is 9.10. The van der Waals surface area contributed by atoms with Crippen LogP contribution in [0.25, 0.3) is 22.0 Å². The van der Waals surface area contributed by atoms with Gasteiger partial charge in [-0.2, -0.15) is 0 Å². The highest BCUT2D eigenvalue weighted by Gasteiger charge is 2.35. The van der Waals surface area contributed by atoms with E-state index < -0.39 is 5.54 Å². The number of rotatable bonds is 4. The molecule has 0 spiro atoms. The number of fused-ring (bicyclic) bond motifs is 1. The summed E-state index contributed by atoms with van der Waals surface area (Å²) >= 11 is 3.60. The summed E-state index contributed by atoms with van der Waals surface area (Å²) in [5.41, 5.74) is 12.9. The first kappa shape index (κ1) is 22.3. The number of benzene rings is 3. The van der Waals surface area contributed by atoms with Gasteiger partial charge in [0, 0.05) is 30.0 Å². The SMILES string of the molecule is Cc1cccc(-c2cc(=O)n(C)c3ccc(C(N)(c4cccc(Br)c4)c4cncn4C)cc23)c1. The molecule has 0 amide bonds. The number of nitrogens with zero attached hydrogens (tertiary/aromatic N) is 3. The van der Waals surface area contributed by atoms with E-state index in [4.69, 9.17) is 5.73 Å². The summed E-state index contributed by atoms with van der Waals surface area (Å²) in [5, 5.41) is 0.970. The van der Waals surface area contributed by atoms with Crippen LogP contribution in [0, 0.1) is 6.92 Å². The molecule has 0 aliphatic carbocycles. The number of halogens is 1. The number of hydrogen-bond donors (Lipinski definition) is 1. The van der Waals surface area contributed by atoms with Gasteiger partial charge in [0.1, 0.15) is 5.54 Å². The second kappa shape index (κ2) is 8.38. The first-order valence-electron chi connectivity index (χ1n) is 11.0. The zero-order chi connectivity index (χ0) is 24.0. The van der Waals surface area contributed by atoms with E-state index in [1.54, 1.807) is 24.0 Å². The third-order valence-electron chi connectivity index (χ3n) is 6.53. The molecule has 0 fully saturated rings. The fraction of sp³-hybridized carbons (Fsp3) is 0.143. The van der Waals surface area contributed by atoms with Crippen molar-refractivity contribution in [1.82, 2.24) is 14.1 Å². The number of hydrogen-bond acceptors (Lipinski definition) is 3. The van der Waals surface area contributed by atoms with Gasteiger partial charge in [-0.05, 0) is 53.4 Å². The van der Waals surface area contributed by atoms with Crippen molar-refractivity contribution >= 4 is 26.8 Å². The highest BCUT2D eigenvalue weighted by atomic mass is 79.9. The second-order valence-electron chi connectivity index (χ2n) is 8.76. The lowest BCUT2D eigenvalue weighted by Gasteiger charge is -2.32. The molecule has 0 radical (unpaired) electrons. The predicted octanol–water partition coefficient (Wildman–Crippen LogP) is 5.26. The molecule has 2 N–H and O–H groups in total. The normalized spacial score (nSPS) is 13.2. The number of aromatic nitrogens is 3. The van der Waals surface area contributed by atoms with Gasteiger partial charge in [0.05, 0.1) is 23.7 Å². The molecule has 6 heteroatoms. The molecule has 1 atom stereocenters. The topological polar surface area (TPSA) is 65.8 Å². The van der Waals surface area contributed by atoms with Crippen molar-refractivity contribution in [3.63, 3.8) is 0 Å². The van der Waals surface area contributed by atoms with Crippen molar-refractivity contribution in [2.75, 3.05) is 0 Å². The molecule has 2 heterocycles. The lowest BCUT2D eigenvalue weighted by Crippen LogP contribution is -2.41. The Morgan fingerprint density at radius 2 is 1.71 bits per heavy atom. The minimum absolute atomic E-state index is 0.0469. The molecule has 5 nitrogen and oxygen atoms in total. The molecule has 1 unspecified atom stereocenters. The van der Waals surface area contributed by atoms with Crippen molar-refractivity contribution in [2.24, 2.45) is 19.8 Å². The van der Waals surface area contributed by atoms with Crippen LogP contribution < -0.4 is 11.3 Å². The van der Waals surface area contributed by atoms with Crippen molar-refractivity contribution in [3.05, 3.63) is 123 Å². The van der Waals surface area contributed by atoms with Gasteiger partial charge in [0.2, 0.25) is 0 Å². The summed E-state index contributed by atoms with van der Waals surface area (Å²) < 4.78 is 4.58. The maximum Gasteiger partial charge on any atom is 0.251 e. The van der Waals surface area contributed by atoms with Crippen LogP contribution >= 0.6 is 15.9 Å². The molecular weight excluding hydrogens is 488 g/mol. The standard InChI is InChI=1S/C28H25BrN4O/c1-18-6-4-7-19(12-18)23-15-27(34)33(3)25-11-10-21(14-24(23)25)28(30,26-16-31-17-32(26)2)20-8-5-9-22(29)13-20/h4-17H,30H2,1-3H3. The van der Waals surface area contributed by atoms with Crippen molar-refractivity contribution in [3.8, 4) is 11.1 Å². The highest BCUT2D eigenvalue weighted by Crippen LogP contribution is 2.38.